The van der Waals surface area contributed by atoms with Crippen molar-refractivity contribution >= 4 is 0 Å². The van der Waals surface area contributed by atoms with Gasteiger partial charge in [-0.2, -0.15) is 0 Å². The summed E-state index contributed by atoms with van der Waals surface area (Å²) in [5, 5.41) is 10.8. The van der Waals surface area contributed by atoms with Crippen LogP contribution in [0.3, 0.4) is 0 Å². The molecule has 0 aromatic carbocycles. The van der Waals surface area contributed by atoms with Crippen LogP contribution in [0.5, 0.6) is 0 Å². The zero-order valence-electron chi connectivity index (χ0n) is 13.0. The first-order chi connectivity index (χ1) is 10.2. The molecule has 5 aliphatic rings. The average molecular weight is 297 g/mol. The fraction of sp³-hybridized carbons (Fsp3) is 1.00. The first-order valence-corrected chi connectivity index (χ1v) is 8.42. The molecule has 4 bridgehead atoms. The second kappa shape index (κ2) is 5.17. The first-order valence-electron chi connectivity index (χ1n) is 8.42. The molecule has 0 aromatic heterocycles. The van der Waals surface area contributed by atoms with Crippen molar-refractivity contribution in [3.63, 3.8) is 0 Å². The molecule has 5 rings (SSSR count). The average Bonchev–Trinajstić information content (AvgIpc) is 2.75. The summed E-state index contributed by atoms with van der Waals surface area (Å²) in [6.45, 7) is 5.24. The van der Waals surface area contributed by atoms with Crippen LogP contribution in [-0.2, 0) is 14.2 Å². The maximum Gasteiger partial charge on any atom is 0.166 e. The van der Waals surface area contributed by atoms with Crippen molar-refractivity contribution < 1.29 is 19.3 Å². The lowest BCUT2D eigenvalue weighted by Gasteiger charge is -2.56. The van der Waals surface area contributed by atoms with Crippen molar-refractivity contribution in [2.75, 3.05) is 26.7 Å². The van der Waals surface area contributed by atoms with Gasteiger partial charge in [-0.25, -0.2) is 0 Å². The molecule has 7 atom stereocenters. The van der Waals surface area contributed by atoms with Crippen LogP contribution in [0.15, 0.2) is 0 Å². The minimum Gasteiger partial charge on any atom is -0.390 e. The molecule has 1 N–H and O–H groups in total. The molecule has 0 radical (unpaired) electrons. The highest BCUT2D eigenvalue weighted by atomic mass is 16.8. The number of methoxy groups -OCH3 is 1. The zero-order chi connectivity index (χ0) is 14.6. The number of nitrogens with zero attached hydrogens (tertiary/aromatic N) is 1. The van der Waals surface area contributed by atoms with Crippen molar-refractivity contribution in [3.8, 4) is 0 Å². The third-order valence-electron chi connectivity index (χ3n) is 6.24. The summed E-state index contributed by atoms with van der Waals surface area (Å²) >= 11 is 0. The molecule has 4 heterocycles. The van der Waals surface area contributed by atoms with Gasteiger partial charge in [0, 0.05) is 25.5 Å². The maximum absolute atomic E-state index is 10.8. The number of rotatable bonds is 3. The highest BCUT2D eigenvalue weighted by Gasteiger charge is 2.69. The van der Waals surface area contributed by atoms with Gasteiger partial charge in [0.2, 0.25) is 0 Å². The third kappa shape index (κ3) is 2.01. The quantitative estimate of drug-likeness (QED) is 0.848. The van der Waals surface area contributed by atoms with Gasteiger partial charge >= 0.3 is 0 Å². The smallest absolute Gasteiger partial charge is 0.166 e. The summed E-state index contributed by atoms with van der Waals surface area (Å²) in [6.07, 6.45) is 3.79. The summed E-state index contributed by atoms with van der Waals surface area (Å²) in [6, 6.07) is 0. The SMILES string of the molecule is CO[C@@H]1O[C@H]2O[C@@]3(CN4CCCCC4)[C@@H]1[C@@H](C[C@@H]3O)[C@H]2C. The predicted molar refractivity (Wildman–Crippen MR) is 76.5 cm³/mol. The summed E-state index contributed by atoms with van der Waals surface area (Å²) in [7, 11) is 1.70. The molecular formula is C16H27NO4. The summed E-state index contributed by atoms with van der Waals surface area (Å²) in [4.78, 5) is 2.47. The summed E-state index contributed by atoms with van der Waals surface area (Å²) in [5.74, 6) is 0.940. The standard InChI is InChI=1S/C16H27NO4/c1-10-11-8-12(18)16(9-17-6-4-3-5-7-17)13(11)15(19-2)20-14(10)21-16/h10-15,18H,3-9H2,1-2H3/t10-,11+,12+,13-,14+,15-,16-/m1/s1. The van der Waals surface area contributed by atoms with E-state index in [0.29, 0.717) is 11.8 Å². The fourth-order valence-electron chi connectivity index (χ4n) is 5.13. The molecule has 0 spiro atoms. The van der Waals surface area contributed by atoms with Gasteiger partial charge in [-0.05, 0) is 38.3 Å². The number of fused-ring (bicyclic) bond motifs is 1. The molecular weight excluding hydrogens is 270 g/mol. The Kier molecular flexibility index (Phi) is 3.54. The van der Waals surface area contributed by atoms with E-state index >= 15 is 0 Å². The molecule has 5 heteroatoms. The first kappa shape index (κ1) is 14.4. The lowest BCUT2D eigenvalue weighted by atomic mass is 9.73. The Hall–Kier alpha value is -0.200. The fourth-order valence-corrected chi connectivity index (χ4v) is 5.13. The molecule has 0 unspecified atom stereocenters. The molecule has 4 aliphatic heterocycles. The molecule has 1 saturated carbocycles. The van der Waals surface area contributed by atoms with Crippen LogP contribution in [0.2, 0.25) is 0 Å². The van der Waals surface area contributed by atoms with Crippen molar-refractivity contribution in [3.05, 3.63) is 0 Å². The van der Waals surface area contributed by atoms with E-state index in [1.54, 1.807) is 7.11 Å². The second-order valence-electron chi connectivity index (χ2n) is 7.32. The molecule has 21 heavy (non-hydrogen) atoms. The van der Waals surface area contributed by atoms with E-state index < -0.39 is 11.7 Å². The van der Waals surface area contributed by atoms with Crippen LogP contribution < -0.4 is 0 Å². The van der Waals surface area contributed by atoms with Gasteiger partial charge in [-0.15, -0.1) is 0 Å². The monoisotopic (exact) mass is 297 g/mol. The van der Waals surface area contributed by atoms with Gasteiger partial charge in [-0.1, -0.05) is 13.3 Å². The van der Waals surface area contributed by atoms with E-state index in [2.05, 4.69) is 11.8 Å². The minimum absolute atomic E-state index is 0.152. The maximum atomic E-state index is 10.8. The Morgan fingerprint density at radius 1 is 1.29 bits per heavy atom. The van der Waals surface area contributed by atoms with Crippen molar-refractivity contribution in [2.24, 2.45) is 17.8 Å². The van der Waals surface area contributed by atoms with Crippen LogP contribution in [0.1, 0.15) is 32.6 Å². The normalized spacial score (nSPS) is 53.3. The number of hydrogen-bond acceptors (Lipinski definition) is 5. The van der Waals surface area contributed by atoms with E-state index in [0.717, 1.165) is 26.1 Å². The topological polar surface area (TPSA) is 51.2 Å². The zero-order valence-corrected chi connectivity index (χ0v) is 13.0. The Bertz CT molecular complexity index is 400. The van der Waals surface area contributed by atoms with Crippen LogP contribution in [0.4, 0.5) is 0 Å². The van der Waals surface area contributed by atoms with Crippen LogP contribution in [-0.4, -0.2) is 61.0 Å². The summed E-state index contributed by atoms with van der Waals surface area (Å²) in [5.41, 5.74) is -0.488. The number of likely N-dealkylation sites (tertiary alicyclic amines) is 1. The molecule has 120 valence electrons. The lowest BCUT2D eigenvalue weighted by Crippen LogP contribution is -2.68. The van der Waals surface area contributed by atoms with Crippen LogP contribution in [0, 0.1) is 17.8 Å². The van der Waals surface area contributed by atoms with Gasteiger partial charge < -0.3 is 24.2 Å². The number of hydrogen-bond donors (Lipinski definition) is 1. The van der Waals surface area contributed by atoms with E-state index in [1.807, 2.05) is 0 Å². The van der Waals surface area contributed by atoms with Crippen molar-refractivity contribution in [1.29, 1.82) is 0 Å². The highest BCUT2D eigenvalue weighted by Crippen LogP contribution is 2.58. The van der Waals surface area contributed by atoms with Gasteiger partial charge in [0.1, 0.15) is 5.60 Å². The third-order valence-corrected chi connectivity index (χ3v) is 6.24. The van der Waals surface area contributed by atoms with Gasteiger partial charge in [0.05, 0.1) is 6.10 Å². The highest BCUT2D eigenvalue weighted by molar-refractivity contribution is 5.13. The molecule has 5 fully saturated rings. The van der Waals surface area contributed by atoms with Gasteiger partial charge in [0.25, 0.3) is 0 Å². The number of aliphatic hydroxyl groups is 1. The minimum atomic E-state index is -0.488. The molecule has 4 saturated heterocycles. The van der Waals surface area contributed by atoms with Crippen LogP contribution in [0.25, 0.3) is 0 Å². The molecule has 0 aromatic rings. The van der Waals surface area contributed by atoms with Crippen molar-refractivity contribution in [2.45, 2.75) is 56.9 Å². The number of piperidine rings is 1. The Morgan fingerprint density at radius 3 is 2.76 bits per heavy atom. The van der Waals surface area contributed by atoms with Crippen molar-refractivity contribution in [1.82, 2.24) is 4.90 Å². The molecule has 1 aliphatic carbocycles. The molecule has 5 nitrogen and oxygen atoms in total. The number of aliphatic hydroxyl groups excluding tert-OH is 1. The summed E-state index contributed by atoms with van der Waals surface area (Å²) < 4.78 is 17.8. The second-order valence-corrected chi connectivity index (χ2v) is 7.32. The van der Waals surface area contributed by atoms with E-state index in [1.165, 1.54) is 19.3 Å². The van der Waals surface area contributed by atoms with E-state index in [-0.39, 0.29) is 18.5 Å². The Morgan fingerprint density at radius 2 is 2.05 bits per heavy atom. The Labute approximate surface area is 126 Å². The Balaban J connectivity index is 1.62. The largest absolute Gasteiger partial charge is 0.390 e. The predicted octanol–water partition coefficient (Wildman–Crippen LogP) is 1.20. The van der Waals surface area contributed by atoms with E-state index in [4.69, 9.17) is 14.2 Å². The van der Waals surface area contributed by atoms with Crippen LogP contribution >= 0.6 is 0 Å². The van der Waals surface area contributed by atoms with E-state index in [9.17, 15) is 5.11 Å². The molecule has 0 amide bonds. The van der Waals surface area contributed by atoms with Gasteiger partial charge in [-0.3, -0.25) is 0 Å². The number of ether oxygens (including phenoxy) is 3. The lowest BCUT2D eigenvalue weighted by molar-refractivity contribution is -0.410. The van der Waals surface area contributed by atoms with Gasteiger partial charge in [0.15, 0.2) is 12.6 Å².